The minimum absolute atomic E-state index is 0.0493. The van der Waals surface area contributed by atoms with E-state index in [0.29, 0.717) is 16.7 Å². The Bertz CT molecular complexity index is 964. The maximum Gasteiger partial charge on any atom is 0.374 e. The number of hydrogen-bond donors (Lipinski definition) is 3. The smallest absolute Gasteiger partial charge is 0.374 e. The summed E-state index contributed by atoms with van der Waals surface area (Å²) in [6, 6.07) is 5.00. The number of benzene rings is 1. The zero-order chi connectivity index (χ0) is 20.3. The first-order chi connectivity index (χ1) is 13.5. The molecule has 0 atom stereocenters. The standard InChI is InChI=1S/C18H20N4O6/c1-3-28-18(26)15-20-12-5-4-10(8-13(12)21-15)19-14-11(17(25)27-2)9-22(6-7-23)16(14)24/h4-5,8,19,23H,3,6-7,9H2,1-2H3,(H,20,21). The topological polar surface area (TPSA) is 134 Å². The monoisotopic (exact) mass is 388 g/mol. The predicted octanol–water partition coefficient (Wildman–Crippen LogP) is 0.413. The van der Waals surface area contributed by atoms with Crippen LogP contribution in [0.3, 0.4) is 0 Å². The van der Waals surface area contributed by atoms with Crippen molar-refractivity contribution in [2.45, 2.75) is 6.92 Å². The first-order valence-corrected chi connectivity index (χ1v) is 8.64. The molecular weight excluding hydrogens is 368 g/mol. The lowest BCUT2D eigenvalue weighted by Crippen LogP contribution is -2.31. The summed E-state index contributed by atoms with van der Waals surface area (Å²) in [5.74, 6) is -1.51. The summed E-state index contributed by atoms with van der Waals surface area (Å²) in [5, 5.41) is 12.1. The van der Waals surface area contributed by atoms with Gasteiger partial charge in [0.25, 0.3) is 5.91 Å². The molecule has 28 heavy (non-hydrogen) atoms. The summed E-state index contributed by atoms with van der Waals surface area (Å²) in [7, 11) is 1.24. The van der Waals surface area contributed by atoms with Gasteiger partial charge in [-0.05, 0) is 25.1 Å². The lowest BCUT2D eigenvalue weighted by atomic mass is 10.2. The van der Waals surface area contributed by atoms with Crippen LogP contribution in [0.5, 0.6) is 0 Å². The lowest BCUT2D eigenvalue weighted by Gasteiger charge is -2.15. The number of aliphatic hydroxyl groups excluding tert-OH is 1. The minimum Gasteiger partial charge on any atom is -0.466 e. The highest BCUT2D eigenvalue weighted by atomic mass is 16.5. The molecule has 0 aliphatic carbocycles. The van der Waals surface area contributed by atoms with Crippen LogP contribution in [0.25, 0.3) is 11.0 Å². The molecule has 0 saturated heterocycles. The van der Waals surface area contributed by atoms with E-state index in [-0.39, 0.29) is 43.4 Å². The number of aromatic amines is 1. The Morgan fingerprint density at radius 1 is 1.36 bits per heavy atom. The van der Waals surface area contributed by atoms with Gasteiger partial charge in [-0.25, -0.2) is 14.6 Å². The van der Waals surface area contributed by atoms with Gasteiger partial charge in [0, 0.05) is 12.2 Å². The summed E-state index contributed by atoms with van der Waals surface area (Å²) in [6.45, 7) is 1.87. The van der Waals surface area contributed by atoms with Crippen LogP contribution in [-0.2, 0) is 19.1 Å². The molecule has 3 rings (SSSR count). The van der Waals surface area contributed by atoms with Crippen LogP contribution in [0.1, 0.15) is 17.5 Å². The maximum atomic E-state index is 12.6. The van der Waals surface area contributed by atoms with Crippen LogP contribution in [0.15, 0.2) is 29.5 Å². The van der Waals surface area contributed by atoms with E-state index in [1.54, 1.807) is 25.1 Å². The third-order valence-corrected chi connectivity index (χ3v) is 4.17. The second-order valence-electron chi connectivity index (χ2n) is 5.96. The number of aromatic nitrogens is 2. The number of ether oxygens (including phenoxy) is 2. The first kappa shape index (κ1) is 19.4. The second kappa shape index (κ2) is 8.09. The average molecular weight is 388 g/mol. The summed E-state index contributed by atoms with van der Waals surface area (Å²) < 4.78 is 9.67. The van der Waals surface area contributed by atoms with E-state index in [2.05, 4.69) is 15.3 Å². The highest BCUT2D eigenvalue weighted by Crippen LogP contribution is 2.24. The molecule has 1 aromatic heterocycles. The normalized spacial score (nSPS) is 14.0. The van der Waals surface area contributed by atoms with E-state index in [1.807, 2.05) is 0 Å². The molecule has 0 saturated carbocycles. The van der Waals surface area contributed by atoms with Crippen molar-refractivity contribution in [3.05, 3.63) is 35.3 Å². The number of imidazole rings is 1. The van der Waals surface area contributed by atoms with Crippen molar-refractivity contribution < 1.29 is 29.0 Å². The Hall–Kier alpha value is -3.40. The molecule has 0 spiro atoms. The van der Waals surface area contributed by atoms with Gasteiger partial charge < -0.3 is 29.8 Å². The average Bonchev–Trinajstić information content (AvgIpc) is 3.24. The molecule has 2 aromatic rings. The number of esters is 2. The SMILES string of the molecule is CCOC(=O)c1nc2ccc(NC3=C(C(=O)OC)CN(CCO)C3=O)cc2[nH]1. The van der Waals surface area contributed by atoms with Gasteiger partial charge in [-0.3, -0.25) is 4.79 Å². The van der Waals surface area contributed by atoms with E-state index in [9.17, 15) is 14.4 Å². The van der Waals surface area contributed by atoms with Crippen molar-refractivity contribution in [3.8, 4) is 0 Å². The number of amides is 1. The number of hydrogen-bond acceptors (Lipinski definition) is 8. The Morgan fingerprint density at radius 2 is 2.14 bits per heavy atom. The largest absolute Gasteiger partial charge is 0.466 e. The molecule has 10 heteroatoms. The molecule has 1 aromatic carbocycles. The molecule has 0 radical (unpaired) electrons. The van der Waals surface area contributed by atoms with Crippen molar-refractivity contribution in [2.75, 3.05) is 38.7 Å². The fraction of sp³-hybridized carbons (Fsp3) is 0.333. The van der Waals surface area contributed by atoms with E-state index in [0.717, 1.165) is 0 Å². The van der Waals surface area contributed by atoms with E-state index >= 15 is 0 Å². The second-order valence-corrected chi connectivity index (χ2v) is 5.96. The van der Waals surface area contributed by atoms with Gasteiger partial charge in [0.2, 0.25) is 5.82 Å². The highest BCUT2D eigenvalue weighted by Gasteiger charge is 2.34. The van der Waals surface area contributed by atoms with Crippen molar-refractivity contribution in [1.82, 2.24) is 14.9 Å². The van der Waals surface area contributed by atoms with E-state index in [4.69, 9.17) is 14.6 Å². The van der Waals surface area contributed by atoms with Crippen LogP contribution in [-0.4, -0.2) is 71.2 Å². The molecule has 0 bridgehead atoms. The molecule has 1 aliphatic rings. The van der Waals surface area contributed by atoms with Gasteiger partial charge in [-0.15, -0.1) is 0 Å². The molecule has 1 aliphatic heterocycles. The van der Waals surface area contributed by atoms with Gasteiger partial charge in [-0.1, -0.05) is 0 Å². The molecule has 0 fully saturated rings. The quantitative estimate of drug-likeness (QED) is 0.581. The number of carbonyl (C=O) groups excluding carboxylic acids is 3. The predicted molar refractivity (Wildman–Crippen MR) is 98.4 cm³/mol. The number of anilines is 1. The number of rotatable bonds is 7. The van der Waals surface area contributed by atoms with Crippen molar-refractivity contribution >= 4 is 34.6 Å². The van der Waals surface area contributed by atoms with E-state index in [1.165, 1.54) is 12.0 Å². The number of β-amino-alcohol motifs (C(OH)–C–C–N with tert-alkyl or cyclic N) is 1. The minimum atomic E-state index is -0.622. The molecule has 148 valence electrons. The fourth-order valence-electron chi connectivity index (χ4n) is 2.88. The lowest BCUT2D eigenvalue weighted by molar-refractivity contribution is -0.136. The Balaban J connectivity index is 1.90. The number of nitrogens with one attached hydrogen (secondary N) is 2. The molecule has 10 nitrogen and oxygen atoms in total. The number of carbonyl (C=O) groups is 3. The molecule has 0 unspecified atom stereocenters. The van der Waals surface area contributed by atoms with Gasteiger partial charge in [0.05, 0.1) is 43.5 Å². The molecule has 3 N–H and O–H groups in total. The summed E-state index contributed by atoms with van der Waals surface area (Å²) >= 11 is 0. The van der Waals surface area contributed by atoms with Crippen molar-refractivity contribution in [2.24, 2.45) is 0 Å². The van der Waals surface area contributed by atoms with E-state index < -0.39 is 17.8 Å². The zero-order valence-corrected chi connectivity index (χ0v) is 15.4. The van der Waals surface area contributed by atoms with Crippen LogP contribution >= 0.6 is 0 Å². The van der Waals surface area contributed by atoms with Gasteiger partial charge in [-0.2, -0.15) is 0 Å². The molecular formula is C18H20N4O6. The van der Waals surface area contributed by atoms with Gasteiger partial charge in [0.1, 0.15) is 5.70 Å². The summed E-state index contributed by atoms with van der Waals surface area (Å²) in [4.78, 5) is 44.8. The van der Waals surface area contributed by atoms with Crippen LogP contribution in [0, 0.1) is 0 Å². The summed E-state index contributed by atoms with van der Waals surface area (Å²) in [6.07, 6.45) is 0. The van der Waals surface area contributed by atoms with Crippen LogP contribution < -0.4 is 5.32 Å². The Kier molecular flexibility index (Phi) is 5.59. The Labute approximate surface area is 160 Å². The van der Waals surface area contributed by atoms with Crippen molar-refractivity contribution in [3.63, 3.8) is 0 Å². The zero-order valence-electron chi connectivity index (χ0n) is 15.4. The first-order valence-electron chi connectivity index (χ1n) is 8.64. The van der Waals surface area contributed by atoms with Crippen LogP contribution in [0.2, 0.25) is 0 Å². The third-order valence-electron chi connectivity index (χ3n) is 4.17. The van der Waals surface area contributed by atoms with Gasteiger partial charge >= 0.3 is 11.9 Å². The highest BCUT2D eigenvalue weighted by molar-refractivity contribution is 6.08. The summed E-state index contributed by atoms with van der Waals surface area (Å²) in [5.41, 5.74) is 1.89. The van der Waals surface area contributed by atoms with Crippen LogP contribution in [0.4, 0.5) is 5.69 Å². The third kappa shape index (κ3) is 3.67. The van der Waals surface area contributed by atoms with Gasteiger partial charge in [0.15, 0.2) is 0 Å². The molecule has 1 amide bonds. The number of methoxy groups -OCH3 is 1. The fourth-order valence-corrected chi connectivity index (χ4v) is 2.88. The number of fused-ring (bicyclic) bond motifs is 1. The Morgan fingerprint density at radius 3 is 2.82 bits per heavy atom. The van der Waals surface area contributed by atoms with Crippen molar-refractivity contribution in [1.29, 1.82) is 0 Å². The number of nitrogens with zero attached hydrogens (tertiary/aromatic N) is 2. The molecule has 2 heterocycles. The number of H-pyrrole nitrogens is 1. The maximum absolute atomic E-state index is 12.6. The number of aliphatic hydroxyl groups is 1.